The summed E-state index contributed by atoms with van der Waals surface area (Å²) in [4.78, 5) is 0. The van der Waals surface area contributed by atoms with E-state index in [4.69, 9.17) is 0 Å². The molecule has 0 bridgehead atoms. The number of hydrogen-bond donors (Lipinski definition) is 0. The van der Waals surface area contributed by atoms with Crippen LogP contribution in [-0.2, 0) is 13.0 Å². The minimum atomic E-state index is 1.14. The molecule has 1 rings (SSSR count). The van der Waals surface area contributed by atoms with Crippen molar-refractivity contribution in [1.82, 2.24) is 0 Å². The fourth-order valence-corrected chi connectivity index (χ4v) is 2.71. The predicted octanol–water partition coefficient (Wildman–Crippen LogP) is 5.46. The zero-order chi connectivity index (χ0) is 14.5. The van der Waals surface area contributed by atoms with Gasteiger partial charge in [-0.25, -0.2) is 4.57 Å². The van der Waals surface area contributed by atoms with E-state index in [0.29, 0.717) is 0 Å². The number of rotatable bonds is 12. The summed E-state index contributed by atoms with van der Waals surface area (Å²) in [6, 6.07) is 4.39. The third-order valence-electron chi connectivity index (χ3n) is 4.10. The molecule has 20 heavy (non-hydrogen) atoms. The number of aromatic nitrogens is 1. The highest BCUT2D eigenvalue weighted by atomic mass is 14.9. The number of unbranched alkanes of at least 4 members (excludes halogenated alkanes) is 9. The molecule has 0 aliphatic carbocycles. The van der Waals surface area contributed by atoms with E-state index in [9.17, 15) is 0 Å². The molecule has 0 N–H and O–H groups in total. The molecular formula is C19H34N+. The summed E-state index contributed by atoms with van der Waals surface area (Å²) in [7, 11) is 0. The molecule has 0 atom stereocenters. The monoisotopic (exact) mass is 276 g/mol. The molecule has 114 valence electrons. The molecule has 0 saturated carbocycles. The highest BCUT2D eigenvalue weighted by molar-refractivity contribution is 5.04. The SMILES string of the molecule is CCCCCCCCCCCC[n+]1cccc(CC)c1. The van der Waals surface area contributed by atoms with Gasteiger partial charge in [0.1, 0.15) is 6.54 Å². The minimum absolute atomic E-state index is 1.14. The number of nitrogens with zero attached hydrogens (tertiary/aromatic N) is 1. The van der Waals surface area contributed by atoms with Gasteiger partial charge in [-0.3, -0.25) is 0 Å². The molecule has 0 saturated heterocycles. The van der Waals surface area contributed by atoms with Crippen molar-refractivity contribution in [1.29, 1.82) is 0 Å². The Labute approximate surface area is 126 Å². The van der Waals surface area contributed by atoms with E-state index in [2.05, 4.69) is 42.9 Å². The van der Waals surface area contributed by atoms with Crippen LogP contribution in [0.5, 0.6) is 0 Å². The summed E-state index contributed by atoms with van der Waals surface area (Å²) < 4.78 is 2.35. The second-order valence-corrected chi connectivity index (χ2v) is 5.99. The zero-order valence-corrected chi connectivity index (χ0v) is 13.7. The summed E-state index contributed by atoms with van der Waals surface area (Å²) in [5.74, 6) is 0. The van der Waals surface area contributed by atoms with E-state index in [0.717, 1.165) is 6.42 Å². The predicted molar refractivity (Wildman–Crippen MR) is 87.9 cm³/mol. The van der Waals surface area contributed by atoms with E-state index in [1.165, 1.54) is 76.3 Å². The average Bonchev–Trinajstić information content (AvgIpc) is 2.49. The Bertz CT molecular complexity index is 332. The van der Waals surface area contributed by atoms with Crippen LogP contribution in [0.1, 0.15) is 83.6 Å². The molecule has 0 aliphatic rings. The summed E-state index contributed by atoms with van der Waals surface area (Å²) in [6.07, 6.45) is 19.8. The minimum Gasteiger partial charge on any atom is -0.205 e. The molecule has 1 heteroatoms. The van der Waals surface area contributed by atoms with E-state index < -0.39 is 0 Å². The van der Waals surface area contributed by atoms with Crippen LogP contribution in [0.25, 0.3) is 0 Å². The van der Waals surface area contributed by atoms with Crippen molar-refractivity contribution < 1.29 is 4.57 Å². The van der Waals surface area contributed by atoms with Crippen LogP contribution < -0.4 is 4.57 Å². The number of aryl methyl sites for hydroxylation is 2. The fourth-order valence-electron chi connectivity index (χ4n) is 2.71. The van der Waals surface area contributed by atoms with Crippen LogP contribution in [0.4, 0.5) is 0 Å². The molecule has 0 spiro atoms. The molecule has 1 nitrogen and oxygen atoms in total. The lowest BCUT2D eigenvalue weighted by Crippen LogP contribution is -2.33. The molecule has 0 amide bonds. The van der Waals surface area contributed by atoms with Crippen LogP contribution in [0.2, 0.25) is 0 Å². The molecule has 1 heterocycles. The maximum absolute atomic E-state index is 2.35. The Morgan fingerprint density at radius 2 is 1.40 bits per heavy atom. The first-order valence-corrected chi connectivity index (χ1v) is 8.84. The Kier molecular flexibility index (Phi) is 10.3. The smallest absolute Gasteiger partial charge is 0.171 e. The van der Waals surface area contributed by atoms with Gasteiger partial charge in [-0.2, -0.15) is 0 Å². The molecule has 1 aromatic heterocycles. The van der Waals surface area contributed by atoms with Gasteiger partial charge in [0.2, 0.25) is 0 Å². The third-order valence-corrected chi connectivity index (χ3v) is 4.10. The van der Waals surface area contributed by atoms with Gasteiger partial charge in [-0.15, -0.1) is 0 Å². The van der Waals surface area contributed by atoms with Crippen LogP contribution in [0, 0.1) is 0 Å². The van der Waals surface area contributed by atoms with E-state index in [1.54, 1.807) is 0 Å². The van der Waals surface area contributed by atoms with E-state index >= 15 is 0 Å². The first-order valence-electron chi connectivity index (χ1n) is 8.84. The van der Waals surface area contributed by atoms with Crippen molar-refractivity contribution in [3.63, 3.8) is 0 Å². The molecule has 0 unspecified atom stereocenters. The van der Waals surface area contributed by atoms with Crippen molar-refractivity contribution in [2.75, 3.05) is 0 Å². The zero-order valence-electron chi connectivity index (χ0n) is 13.7. The van der Waals surface area contributed by atoms with Gasteiger partial charge < -0.3 is 0 Å². The highest BCUT2D eigenvalue weighted by Crippen LogP contribution is 2.10. The van der Waals surface area contributed by atoms with E-state index in [-0.39, 0.29) is 0 Å². The van der Waals surface area contributed by atoms with Crippen molar-refractivity contribution in [2.24, 2.45) is 0 Å². The maximum Gasteiger partial charge on any atom is 0.171 e. The van der Waals surface area contributed by atoms with Gasteiger partial charge in [0.05, 0.1) is 0 Å². The first-order chi connectivity index (χ1) is 9.86. The van der Waals surface area contributed by atoms with Gasteiger partial charge in [0.15, 0.2) is 12.4 Å². The van der Waals surface area contributed by atoms with Gasteiger partial charge in [-0.05, 0) is 18.9 Å². The third kappa shape index (κ3) is 8.35. The van der Waals surface area contributed by atoms with Gasteiger partial charge in [-0.1, -0.05) is 65.2 Å². The van der Waals surface area contributed by atoms with Gasteiger partial charge in [0.25, 0.3) is 0 Å². The first kappa shape index (κ1) is 17.2. The summed E-state index contributed by atoms with van der Waals surface area (Å²) >= 11 is 0. The van der Waals surface area contributed by atoms with Gasteiger partial charge in [0, 0.05) is 18.1 Å². The molecule has 0 radical (unpaired) electrons. The molecular weight excluding hydrogens is 242 g/mol. The lowest BCUT2D eigenvalue weighted by Gasteiger charge is -2.02. The Hall–Kier alpha value is -0.850. The van der Waals surface area contributed by atoms with Crippen LogP contribution >= 0.6 is 0 Å². The Balaban J connectivity index is 1.94. The maximum atomic E-state index is 2.35. The van der Waals surface area contributed by atoms with Crippen LogP contribution in [0.15, 0.2) is 24.5 Å². The Morgan fingerprint density at radius 3 is 2.00 bits per heavy atom. The van der Waals surface area contributed by atoms with Crippen LogP contribution in [0.3, 0.4) is 0 Å². The number of hydrogen-bond acceptors (Lipinski definition) is 0. The van der Waals surface area contributed by atoms with Crippen molar-refractivity contribution in [3.8, 4) is 0 Å². The van der Waals surface area contributed by atoms with Crippen LogP contribution in [-0.4, -0.2) is 0 Å². The van der Waals surface area contributed by atoms with Crippen molar-refractivity contribution >= 4 is 0 Å². The summed E-state index contributed by atoms with van der Waals surface area (Å²) in [5, 5.41) is 0. The lowest BCUT2D eigenvalue weighted by molar-refractivity contribution is -0.697. The quantitative estimate of drug-likeness (QED) is 0.353. The van der Waals surface area contributed by atoms with Crippen molar-refractivity contribution in [2.45, 2.75) is 91.0 Å². The Morgan fingerprint density at radius 1 is 0.800 bits per heavy atom. The van der Waals surface area contributed by atoms with E-state index in [1.807, 2.05) is 0 Å². The highest BCUT2D eigenvalue weighted by Gasteiger charge is 2.01. The molecule has 0 aliphatic heterocycles. The van der Waals surface area contributed by atoms with Gasteiger partial charge >= 0.3 is 0 Å². The largest absolute Gasteiger partial charge is 0.205 e. The second kappa shape index (κ2) is 11.9. The topological polar surface area (TPSA) is 3.88 Å². The second-order valence-electron chi connectivity index (χ2n) is 5.99. The summed E-state index contributed by atoms with van der Waals surface area (Å²) in [6.45, 7) is 5.69. The standard InChI is InChI=1S/C19H34N/c1-3-5-6-7-8-9-10-11-12-13-16-20-17-14-15-19(4-2)18-20/h14-15,17-18H,3-13,16H2,1-2H3/q+1. The fraction of sp³-hybridized carbons (Fsp3) is 0.737. The lowest BCUT2D eigenvalue weighted by atomic mass is 10.1. The molecule has 0 aromatic carbocycles. The number of pyridine rings is 1. The average molecular weight is 276 g/mol. The molecule has 0 fully saturated rings. The van der Waals surface area contributed by atoms with Crippen molar-refractivity contribution in [3.05, 3.63) is 30.1 Å². The molecule has 1 aromatic rings. The summed E-state index contributed by atoms with van der Waals surface area (Å²) in [5.41, 5.74) is 1.44. The normalized spacial score (nSPS) is 10.9.